The lowest BCUT2D eigenvalue weighted by Gasteiger charge is -2.09. The third kappa shape index (κ3) is 2.85. The normalized spacial score (nSPS) is 10.3. The fraction of sp³-hybridized carbons (Fsp3) is 0. The number of benzene rings is 1. The van der Waals surface area contributed by atoms with Gasteiger partial charge in [-0.15, -0.1) is 0 Å². The van der Waals surface area contributed by atoms with E-state index in [9.17, 15) is 0 Å². The highest BCUT2D eigenvalue weighted by Crippen LogP contribution is 2.35. The molecule has 0 amide bonds. The second-order valence-electron chi connectivity index (χ2n) is 3.42. The van der Waals surface area contributed by atoms with Gasteiger partial charge in [-0.1, -0.05) is 29.4 Å². The number of nitrogens with zero attached hydrogens (tertiary/aromatic N) is 1. The monoisotopic (exact) mass is 341 g/mol. The number of hydrogen-bond acceptors (Lipinski definition) is 3. The van der Waals surface area contributed by atoms with Crippen molar-refractivity contribution in [2.75, 3.05) is 0 Å². The Morgan fingerprint density at radius 1 is 1.33 bits per heavy atom. The predicted molar refractivity (Wildman–Crippen MR) is 78.5 cm³/mol. The van der Waals surface area contributed by atoms with Crippen molar-refractivity contribution < 1.29 is 0 Å². The number of hydrogen-bond donors (Lipinski definition) is 2. The van der Waals surface area contributed by atoms with Crippen LogP contribution >= 0.6 is 39.3 Å². The molecule has 0 saturated carbocycles. The van der Waals surface area contributed by atoms with E-state index in [-0.39, 0.29) is 5.84 Å². The molecule has 0 aliphatic heterocycles. The molecule has 0 aliphatic rings. The zero-order chi connectivity index (χ0) is 13.1. The molecule has 2 rings (SSSR count). The van der Waals surface area contributed by atoms with E-state index in [0.29, 0.717) is 10.6 Å². The van der Waals surface area contributed by atoms with Crippen molar-refractivity contribution in [3.05, 3.63) is 51.6 Å². The maximum absolute atomic E-state index is 7.58. The molecule has 0 saturated heterocycles. The molecule has 3 nitrogen and oxygen atoms in total. The predicted octanol–water partition coefficient (Wildman–Crippen LogP) is 3.93. The first-order valence-corrected chi connectivity index (χ1v) is 6.99. The summed E-state index contributed by atoms with van der Waals surface area (Å²) >= 11 is 10.9. The SMILES string of the molecule is N=C(N)c1c(Cl)cccc1Sc1ncccc1Br. The van der Waals surface area contributed by atoms with Gasteiger partial charge >= 0.3 is 0 Å². The van der Waals surface area contributed by atoms with E-state index in [0.717, 1.165) is 14.4 Å². The number of rotatable bonds is 3. The van der Waals surface area contributed by atoms with Gasteiger partial charge in [-0.3, -0.25) is 5.41 Å². The standard InChI is InChI=1S/C12H9BrClN3S/c13-7-3-2-6-17-12(7)18-9-5-1-4-8(14)10(9)11(15)16/h1-6H,(H3,15,16). The van der Waals surface area contributed by atoms with Gasteiger partial charge in [0.15, 0.2) is 0 Å². The molecule has 0 fully saturated rings. The van der Waals surface area contributed by atoms with Crippen LogP contribution in [-0.2, 0) is 0 Å². The van der Waals surface area contributed by atoms with Crippen molar-refractivity contribution >= 4 is 45.1 Å². The Morgan fingerprint density at radius 2 is 2.11 bits per heavy atom. The molecule has 18 heavy (non-hydrogen) atoms. The lowest BCUT2D eigenvalue weighted by atomic mass is 10.2. The summed E-state index contributed by atoms with van der Waals surface area (Å²) in [5.41, 5.74) is 6.10. The third-order valence-corrected chi connectivity index (χ3v) is 4.47. The fourth-order valence-electron chi connectivity index (χ4n) is 1.40. The van der Waals surface area contributed by atoms with Crippen LogP contribution in [0.25, 0.3) is 0 Å². The Balaban J connectivity index is 2.44. The fourth-order valence-corrected chi connectivity index (χ4v) is 3.19. The second-order valence-corrected chi connectivity index (χ2v) is 5.71. The van der Waals surface area contributed by atoms with Gasteiger partial charge in [0.25, 0.3) is 0 Å². The highest BCUT2D eigenvalue weighted by atomic mass is 79.9. The van der Waals surface area contributed by atoms with Crippen molar-refractivity contribution in [2.24, 2.45) is 5.73 Å². The van der Waals surface area contributed by atoms with Crippen LogP contribution in [0.3, 0.4) is 0 Å². The highest BCUT2D eigenvalue weighted by Gasteiger charge is 2.12. The minimum atomic E-state index is -0.0462. The summed E-state index contributed by atoms with van der Waals surface area (Å²) in [5.74, 6) is -0.0462. The molecule has 0 unspecified atom stereocenters. The zero-order valence-corrected chi connectivity index (χ0v) is 12.3. The number of pyridine rings is 1. The van der Waals surface area contributed by atoms with E-state index < -0.39 is 0 Å². The molecule has 1 aromatic carbocycles. The molecular weight excluding hydrogens is 334 g/mol. The van der Waals surface area contributed by atoms with Crippen molar-refractivity contribution in [1.82, 2.24) is 4.98 Å². The number of nitrogens with two attached hydrogens (primary N) is 1. The molecule has 0 radical (unpaired) electrons. The molecule has 6 heteroatoms. The quantitative estimate of drug-likeness (QED) is 0.656. The number of amidine groups is 1. The Hall–Kier alpha value is -1.04. The van der Waals surface area contributed by atoms with Crippen molar-refractivity contribution in [1.29, 1.82) is 5.41 Å². The van der Waals surface area contributed by atoms with E-state index in [2.05, 4.69) is 20.9 Å². The minimum Gasteiger partial charge on any atom is -0.384 e. The van der Waals surface area contributed by atoms with Crippen LogP contribution in [0.1, 0.15) is 5.56 Å². The number of halogens is 2. The first kappa shape index (κ1) is 13.4. The van der Waals surface area contributed by atoms with Crippen LogP contribution in [0, 0.1) is 5.41 Å². The van der Waals surface area contributed by atoms with Crippen molar-refractivity contribution in [3.8, 4) is 0 Å². The summed E-state index contributed by atoms with van der Waals surface area (Å²) in [7, 11) is 0. The van der Waals surface area contributed by atoms with Gasteiger partial charge in [-0.2, -0.15) is 0 Å². The third-order valence-electron chi connectivity index (χ3n) is 2.18. The minimum absolute atomic E-state index is 0.0462. The average Bonchev–Trinajstić information content (AvgIpc) is 2.31. The number of nitrogen functional groups attached to an aromatic ring is 1. The van der Waals surface area contributed by atoms with E-state index in [1.807, 2.05) is 24.3 Å². The number of aromatic nitrogens is 1. The van der Waals surface area contributed by atoms with Crippen LogP contribution < -0.4 is 5.73 Å². The van der Waals surface area contributed by atoms with E-state index in [4.69, 9.17) is 22.7 Å². The Labute approximate surface area is 122 Å². The van der Waals surface area contributed by atoms with Crippen LogP contribution in [0.2, 0.25) is 5.02 Å². The van der Waals surface area contributed by atoms with Crippen LogP contribution in [0.4, 0.5) is 0 Å². The van der Waals surface area contributed by atoms with Gasteiger partial charge in [0, 0.05) is 16.7 Å². The van der Waals surface area contributed by atoms with Gasteiger partial charge in [0.2, 0.25) is 0 Å². The highest BCUT2D eigenvalue weighted by molar-refractivity contribution is 9.10. The first-order valence-electron chi connectivity index (χ1n) is 5.01. The summed E-state index contributed by atoms with van der Waals surface area (Å²) in [4.78, 5) is 5.08. The van der Waals surface area contributed by atoms with Gasteiger partial charge in [0.1, 0.15) is 10.9 Å². The first-order chi connectivity index (χ1) is 8.59. The molecule has 0 spiro atoms. The average molecular weight is 343 g/mol. The van der Waals surface area contributed by atoms with Crippen molar-refractivity contribution in [3.63, 3.8) is 0 Å². The molecule has 0 atom stereocenters. The van der Waals surface area contributed by atoms with Gasteiger partial charge < -0.3 is 5.73 Å². The molecule has 0 aliphatic carbocycles. The molecule has 2 aromatic rings. The summed E-state index contributed by atoms with van der Waals surface area (Å²) in [6.07, 6.45) is 1.71. The Kier molecular flexibility index (Phi) is 4.27. The topological polar surface area (TPSA) is 62.8 Å². The molecule has 1 heterocycles. The lowest BCUT2D eigenvalue weighted by molar-refractivity contribution is 1.11. The molecular formula is C12H9BrClN3S. The summed E-state index contributed by atoms with van der Waals surface area (Å²) < 4.78 is 0.893. The van der Waals surface area contributed by atoms with E-state index in [1.54, 1.807) is 12.3 Å². The maximum Gasteiger partial charge on any atom is 0.125 e. The smallest absolute Gasteiger partial charge is 0.125 e. The lowest BCUT2D eigenvalue weighted by Crippen LogP contribution is -2.13. The maximum atomic E-state index is 7.58. The van der Waals surface area contributed by atoms with E-state index in [1.165, 1.54) is 11.8 Å². The summed E-state index contributed by atoms with van der Waals surface area (Å²) in [6.45, 7) is 0. The molecule has 0 bridgehead atoms. The molecule has 1 aromatic heterocycles. The number of nitrogens with one attached hydrogen (secondary N) is 1. The van der Waals surface area contributed by atoms with Crippen LogP contribution in [-0.4, -0.2) is 10.8 Å². The van der Waals surface area contributed by atoms with Gasteiger partial charge in [0.05, 0.1) is 9.50 Å². The molecule has 92 valence electrons. The Morgan fingerprint density at radius 3 is 2.78 bits per heavy atom. The zero-order valence-electron chi connectivity index (χ0n) is 9.15. The van der Waals surface area contributed by atoms with Crippen LogP contribution in [0.5, 0.6) is 0 Å². The van der Waals surface area contributed by atoms with Crippen molar-refractivity contribution in [2.45, 2.75) is 9.92 Å². The van der Waals surface area contributed by atoms with Gasteiger partial charge in [-0.25, -0.2) is 4.98 Å². The Bertz CT molecular complexity index is 604. The van der Waals surface area contributed by atoms with Crippen LogP contribution in [0.15, 0.2) is 50.9 Å². The van der Waals surface area contributed by atoms with Gasteiger partial charge in [-0.05, 0) is 40.2 Å². The largest absolute Gasteiger partial charge is 0.384 e. The second kappa shape index (κ2) is 5.73. The summed E-state index contributed by atoms with van der Waals surface area (Å²) in [5, 5.41) is 8.86. The van der Waals surface area contributed by atoms with E-state index >= 15 is 0 Å². The molecule has 3 N–H and O–H groups in total. The summed E-state index contributed by atoms with van der Waals surface area (Å²) in [6, 6.07) is 9.17.